The third-order valence-corrected chi connectivity index (χ3v) is 3.49. The van der Waals surface area contributed by atoms with Gasteiger partial charge in [0.2, 0.25) is 5.52 Å². The largest absolute Gasteiger partial charge is 0.378 e. The van der Waals surface area contributed by atoms with Crippen LogP contribution in [0.15, 0.2) is 24.3 Å². The number of anilines is 1. The molecule has 0 aliphatic carbocycles. The predicted molar refractivity (Wildman–Crippen MR) is 73.0 cm³/mol. The molecule has 3 heteroatoms. The zero-order chi connectivity index (χ0) is 12.5. The minimum absolute atomic E-state index is 0.824. The molecule has 0 atom stereocenters. The molecule has 94 valence electrons. The van der Waals surface area contributed by atoms with E-state index in [4.69, 9.17) is 4.74 Å². The zero-order valence-electron chi connectivity index (χ0n) is 11.0. The lowest BCUT2D eigenvalue weighted by Crippen LogP contribution is -2.36. The summed E-state index contributed by atoms with van der Waals surface area (Å²) in [5.74, 6) is 0. The van der Waals surface area contributed by atoms with Crippen molar-refractivity contribution in [2.24, 2.45) is 0 Å². The van der Waals surface area contributed by atoms with Gasteiger partial charge in [0, 0.05) is 32.1 Å². The van der Waals surface area contributed by atoms with Crippen molar-refractivity contribution in [3.05, 3.63) is 35.5 Å². The lowest BCUT2D eigenvalue weighted by molar-refractivity contribution is -0.354. The molecular formula is C15H19N2O+. The number of benzene rings is 1. The number of H-pyrrole nitrogens is 1. The molecule has 0 amide bonds. The average molecular weight is 243 g/mol. The van der Waals surface area contributed by atoms with E-state index in [9.17, 15) is 0 Å². The van der Waals surface area contributed by atoms with Crippen LogP contribution in [-0.4, -0.2) is 26.3 Å². The molecule has 0 bridgehead atoms. The molecule has 1 fully saturated rings. The van der Waals surface area contributed by atoms with Crippen LogP contribution in [0, 0.1) is 13.8 Å². The summed E-state index contributed by atoms with van der Waals surface area (Å²) < 4.78 is 5.44. The Labute approximate surface area is 107 Å². The second-order valence-electron chi connectivity index (χ2n) is 4.99. The SMILES string of the molecule is Cc1ccc2[nH+]c(C)cc(N3CCOCC3)c2c1. The Bertz CT molecular complexity index is 574. The van der Waals surface area contributed by atoms with Crippen LogP contribution in [0.3, 0.4) is 0 Å². The lowest BCUT2D eigenvalue weighted by atomic mass is 10.1. The topological polar surface area (TPSA) is 26.6 Å². The van der Waals surface area contributed by atoms with Crippen LogP contribution in [0.4, 0.5) is 5.69 Å². The Morgan fingerprint density at radius 1 is 1.11 bits per heavy atom. The zero-order valence-corrected chi connectivity index (χ0v) is 11.0. The summed E-state index contributed by atoms with van der Waals surface area (Å²) in [6, 6.07) is 8.83. The number of aryl methyl sites for hydroxylation is 2. The van der Waals surface area contributed by atoms with Gasteiger partial charge in [-0.15, -0.1) is 0 Å². The quantitative estimate of drug-likeness (QED) is 0.767. The van der Waals surface area contributed by atoms with E-state index in [1.165, 1.54) is 27.8 Å². The summed E-state index contributed by atoms with van der Waals surface area (Å²) in [5, 5.41) is 1.31. The second-order valence-corrected chi connectivity index (χ2v) is 4.99. The first-order chi connectivity index (χ1) is 8.74. The molecule has 0 radical (unpaired) electrons. The van der Waals surface area contributed by atoms with Gasteiger partial charge in [-0.1, -0.05) is 6.07 Å². The molecule has 3 rings (SSSR count). The monoisotopic (exact) mass is 243 g/mol. The molecule has 1 aliphatic heterocycles. The van der Waals surface area contributed by atoms with Gasteiger partial charge in [0.15, 0.2) is 5.69 Å². The molecule has 2 heterocycles. The van der Waals surface area contributed by atoms with Crippen LogP contribution < -0.4 is 9.88 Å². The number of ether oxygens (including phenoxy) is 1. The van der Waals surface area contributed by atoms with E-state index in [1.54, 1.807) is 0 Å². The van der Waals surface area contributed by atoms with Gasteiger partial charge in [-0.2, -0.15) is 0 Å². The highest BCUT2D eigenvalue weighted by Gasteiger charge is 2.17. The Hall–Kier alpha value is -1.61. The van der Waals surface area contributed by atoms with Gasteiger partial charge in [-0.05, 0) is 18.6 Å². The average Bonchev–Trinajstić information content (AvgIpc) is 2.39. The molecule has 0 saturated carbocycles. The maximum Gasteiger partial charge on any atom is 0.213 e. The van der Waals surface area contributed by atoms with Crippen molar-refractivity contribution in [2.45, 2.75) is 13.8 Å². The Kier molecular flexibility index (Phi) is 2.92. The van der Waals surface area contributed by atoms with Gasteiger partial charge in [0.1, 0.15) is 0 Å². The molecule has 2 aromatic rings. The maximum atomic E-state index is 5.44. The summed E-state index contributed by atoms with van der Waals surface area (Å²) in [7, 11) is 0. The van der Waals surface area contributed by atoms with Gasteiger partial charge in [0.25, 0.3) is 0 Å². The fourth-order valence-corrected chi connectivity index (χ4v) is 2.58. The summed E-state index contributed by atoms with van der Waals surface area (Å²) in [5.41, 5.74) is 5.04. The number of nitrogens with zero attached hydrogens (tertiary/aromatic N) is 1. The maximum absolute atomic E-state index is 5.44. The summed E-state index contributed by atoms with van der Waals surface area (Å²) in [6.45, 7) is 7.86. The Morgan fingerprint density at radius 3 is 2.67 bits per heavy atom. The third-order valence-electron chi connectivity index (χ3n) is 3.49. The molecular weight excluding hydrogens is 224 g/mol. The summed E-state index contributed by atoms with van der Waals surface area (Å²) >= 11 is 0. The number of nitrogens with one attached hydrogen (secondary N) is 1. The smallest absolute Gasteiger partial charge is 0.213 e. The minimum Gasteiger partial charge on any atom is -0.378 e. The number of aromatic nitrogens is 1. The van der Waals surface area contributed by atoms with Gasteiger partial charge >= 0.3 is 0 Å². The molecule has 0 unspecified atom stereocenters. The number of hydrogen-bond donors (Lipinski definition) is 0. The molecule has 3 nitrogen and oxygen atoms in total. The molecule has 18 heavy (non-hydrogen) atoms. The number of morpholine rings is 1. The first-order valence-corrected chi connectivity index (χ1v) is 6.50. The molecule has 1 aliphatic rings. The molecule has 0 spiro atoms. The predicted octanol–water partition coefficient (Wildman–Crippen LogP) is 2.11. The first-order valence-electron chi connectivity index (χ1n) is 6.50. The number of rotatable bonds is 1. The Morgan fingerprint density at radius 2 is 1.89 bits per heavy atom. The van der Waals surface area contributed by atoms with E-state index < -0.39 is 0 Å². The van der Waals surface area contributed by atoms with Gasteiger partial charge in [0.05, 0.1) is 24.3 Å². The highest BCUT2D eigenvalue weighted by atomic mass is 16.5. The number of pyridine rings is 1. The van der Waals surface area contributed by atoms with Crippen molar-refractivity contribution >= 4 is 16.6 Å². The standard InChI is InChI=1S/C15H18N2O/c1-11-3-4-14-13(9-11)15(10-12(2)16-14)17-5-7-18-8-6-17/h3-4,9-10H,5-8H2,1-2H3/p+1. The second kappa shape index (κ2) is 4.58. The van der Waals surface area contributed by atoms with E-state index in [0.29, 0.717) is 0 Å². The van der Waals surface area contributed by atoms with Crippen molar-refractivity contribution < 1.29 is 9.72 Å². The van der Waals surface area contributed by atoms with Crippen molar-refractivity contribution in [1.82, 2.24) is 0 Å². The lowest BCUT2D eigenvalue weighted by Gasteiger charge is -2.29. The van der Waals surface area contributed by atoms with E-state index in [2.05, 4.69) is 48.0 Å². The number of hydrogen-bond acceptors (Lipinski definition) is 2. The molecule has 1 saturated heterocycles. The van der Waals surface area contributed by atoms with E-state index in [-0.39, 0.29) is 0 Å². The van der Waals surface area contributed by atoms with Gasteiger partial charge in [-0.3, -0.25) is 0 Å². The molecule has 1 aromatic carbocycles. The van der Waals surface area contributed by atoms with Crippen LogP contribution in [0.25, 0.3) is 10.9 Å². The van der Waals surface area contributed by atoms with Crippen molar-refractivity contribution in [3.63, 3.8) is 0 Å². The van der Waals surface area contributed by atoms with Gasteiger partial charge < -0.3 is 9.64 Å². The van der Waals surface area contributed by atoms with E-state index in [1.807, 2.05) is 0 Å². The fourth-order valence-electron chi connectivity index (χ4n) is 2.58. The third kappa shape index (κ3) is 2.06. The van der Waals surface area contributed by atoms with Crippen molar-refractivity contribution in [1.29, 1.82) is 0 Å². The van der Waals surface area contributed by atoms with Gasteiger partial charge in [-0.25, -0.2) is 4.98 Å². The fraction of sp³-hybridized carbons (Fsp3) is 0.400. The van der Waals surface area contributed by atoms with Crippen molar-refractivity contribution in [3.8, 4) is 0 Å². The normalized spacial score (nSPS) is 16.2. The first kappa shape index (κ1) is 11.5. The van der Waals surface area contributed by atoms with Crippen LogP contribution in [0.2, 0.25) is 0 Å². The van der Waals surface area contributed by atoms with Crippen LogP contribution in [-0.2, 0) is 4.74 Å². The molecule has 1 aromatic heterocycles. The molecule has 1 N–H and O–H groups in total. The summed E-state index contributed by atoms with van der Waals surface area (Å²) in [4.78, 5) is 5.86. The highest BCUT2D eigenvalue weighted by Crippen LogP contribution is 2.26. The highest BCUT2D eigenvalue weighted by molar-refractivity contribution is 5.90. The van der Waals surface area contributed by atoms with E-state index in [0.717, 1.165) is 26.3 Å². The number of aromatic amines is 1. The minimum atomic E-state index is 0.824. The number of fused-ring (bicyclic) bond motifs is 1. The van der Waals surface area contributed by atoms with Crippen LogP contribution >= 0.6 is 0 Å². The van der Waals surface area contributed by atoms with E-state index >= 15 is 0 Å². The van der Waals surface area contributed by atoms with Crippen LogP contribution in [0.1, 0.15) is 11.3 Å². The van der Waals surface area contributed by atoms with Crippen LogP contribution in [0.5, 0.6) is 0 Å². The Balaban J connectivity index is 2.16. The van der Waals surface area contributed by atoms with Crippen molar-refractivity contribution in [2.75, 3.05) is 31.2 Å². The summed E-state index contributed by atoms with van der Waals surface area (Å²) in [6.07, 6.45) is 0.